The van der Waals surface area contributed by atoms with Crippen LogP contribution >= 0.6 is 0 Å². The molecule has 0 heterocycles. The Bertz CT molecular complexity index is 849. The van der Waals surface area contributed by atoms with Gasteiger partial charge in [-0.1, -0.05) is 48.5 Å². The summed E-state index contributed by atoms with van der Waals surface area (Å²) >= 11 is 0. The van der Waals surface area contributed by atoms with Crippen LogP contribution in [-0.4, -0.2) is 20.4 Å². The lowest BCUT2D eigenvalue weighted by Crippen LogP contribution is -2.16. The van der Waals surface area contributed by atoms with Gasteiger partial charge in [-0.25, -0.2) is 0 Å². The largest absolute Gasteiger partial charge is 0.497 e. The molecule has 26 heavy (non-hydrogen) atoms. The van der Waals surface area contributed by atoms with E-state index < -0.39 is 0 Å². The van der Waals surface area contributed by atoms with Gasteiger partial charge in [-0.2, -0.15) is 5.10 Å². The van der Waals surface area contributed by atoms with Crippen LogP contribution in [0.1, 0.15) is 11.1 Å². The van der Waals surface area contributed by atoms with Crippen molar-refractivity contribution in [2.24, 2.45) is 5.10 Å². The van der Waals surface area contributed by atoms with E-state index in [2.05, 4.69) is 12.1 Å². The molecule has 0 unspecified atom stereocenters. The number of hydrogen-bond donors (Lipinski definition) is 0. The van der Waals surface area contributed by atoms with E-state index >= 15 is 0 Å². The number of para-hydroxylation sites is 1. The van der Waals surface area contributed by atoms with Crippen molar-refractivity contribution >= 4 is 11.9 Å². The van der Waals surface area contributed by atoms with Gasteiger partial charge in [0.2, 0.25) is 0 Å². The van der Waals surface area contributed by atoms with Crippen LogP contribution in [0.5, 0.6) is 11.5 Å². The standard InChI is InChI=1S/C22H22N2O2/c1-25-21-13-14-22(26-2)19(15-21)16-23-24(20-11-7-4-8-12-20)17-18-9-5-3-6-10-18/h3-16H,17H2,1-2H3. The summed E-state index contributed by atoms with van der Waals surface area (Å²) in [6.45, 7) is 0.674. The molecule has 0 spiro atoms. The van der Waals surface area contributed by atoms with Crippen molar-refractivity contribution < 1.29 is 9.47 Å². The molecule has 0 radical (unpaired) electrons. The summed E-state index contributed by atoms with van der Waals surface area (Å²) in [6, 6.07) is 26.0. The molecule has 0 bridgehead atoms. The number of methoxy groups -OCH3 is 2. The number of hydrogen-bond acceptors (Lipinski definition) is 4. The normalized spacial score (nSPS) is 10.7. The van der Waals surface area contributed by atoms with Crippen LogP contribution in [-0.2, 0) is 6.54 Å². The molecule has 0 aliphatic rings. The summed E-state index contributed by atoms with van der Waals surface area (Å²) in [5, 5.41) is 6.68. The zero-order valence-electron chi connectivity index (χ0n) is 15.0. The Hall–Kier alpha value is -3.27. The zero-order chi connectivity index (χ0) is 18.2. The van der Waals surface area contributed by atoms with Crippen LogP contribution in [0.25, 0.3) is 0 Å². The van der Waals surface area contributed by atoms with Crippen molar-refractivity contribution in [3.05, 3.63) is 90.0 Å². The highest BCUT2D eigenvalue weighted by Gasteiger charge is 2.07. The van der Waals surface area contributed by atoms with Crippen molar-refractivity contribution in [2.45, 2.75) is 6.54 Å². The summed E-state index contributed by atoms with van der Waals surface area (Å²) in [5.41, 5.74) is 3.07. The van der Waals surface area contributed by atoms with Crippen LogP contribution in [0.15, 0.2) is 84.0 Å². The molecule has 3 rings (SSSR count). The predicted octanol–water partition coefficient (Wildman–Crippen LogP) is 4.74. The first-order valence-electron chi connectivity index (χ1n) is 8.42. The maximum absolute atomic E-state index is 5.44. The molecular weight excluding hydrogens is 324 g/mol. The molecule has 4 nitrogen and oxygen atoms in total. The van der Waals surface area contributed by atoms with E-state index in [0.29, 0.717) is 6.54 Å². The smallest absolute Gasteiger partial charge is 0.127 e. The first-order chi connectivity index (χ1) is 12.8. The summed E-state index contributed by atoms with van der Waals surface area (Å²) < 4.78 is 10.7. The molecular formula is C22H22N2O2. The van der Waals surface area contributed by atoms with Crippen LogP contribution in [0.2, 0.25) is 0 Å². The number of rotatable bonds is 7. The molecule has 3 aromatic rings. The Kier molecular flexibility index (Phi) is 5.88. The van der Waals surface area contributed by atoms with Gasteiger partial charge in [0, 0.05) is 5.56 Å². The summed E-state index contributed by atoms with van der Waals surface area (Å²) in [7, 11) is 3.30. The van der Waals surface area contributed by atoms with E-state index in [0.717, 1.165) is 22.7 Å². The molecule has 0 saturated carbocycles. The molecule has 0 aliphatic heterocycles. The second-order valence-electron chi connectivity index (χ2n) is 5.73. The van der Waals surface area contributed by atoms with Crippen LogP contribution in [0.3, 0.4) is 0 Å². The molecule has 0 fully saturated rings. The lowest BCUT2D eigenvalue weighted by molar-refractivity contribution is 0.402. The topological polar surface area (TPSA) is 34.1 Å². The average Bonchev–Trinajstić information content (AvgIpc) is 2.72. The third-order valence-corrected chi connectivity index (χ3v) is 4.00. The van der Waals surface area contributed by atoms with Gasteiger partial charge < -0.3 is 9.47 Å². The lowest BCUT2D eigenvalue weighted by Gasteiger charge is -2.19. The van der Waals surface area contributed by atoms with E-state index in [1.807, 2.05) is 71.7 Å². The molecule has 3 aromatic carbocycles. The van der Waals surface area contributed by atoms with Gasteiger partial charge in [-0.3, -0.25) is 5.01 Å². The van der Waals surface area contributed by atoms with Crippen molar-refractivity contribution in [3.63, 3.8) is 0 Å². The molecule has 0 amide bonds. The Morgan fingerprint density at radius 3 is 2.19 bits per heavy atom. The van der Waals surface area contributed by atoms with Crippen LogP contribution in [0.4, 0.5) is 5.69 Å². The Morgan fingerprint density at radius 2 is 1.54 bits per heavy atom. The van der Waals surface area contributed by atoms with E-state index in [1.165, 1.54) is 5.56 Å². The maximum Gasteiger partial charge on any atom is 0.127 e. The van der Waals surface area contributed by atoms with E-state index in [4.69, 9.17) is 14.6 Å². The number of benzene rings is 3. The minimum Gasteiger partial charge on any atom is -0.497 e. The first-order valence-corrected chi connectivity index (χ1v) is 8.42. The zero-order valence-corrected chi connectivity index (χ0v) is 15.0. The molecule has 0 saturated heterocycles. The van der Waals surface area contributed by atoms with E-state index in [9.17, 15) is 0 Å². The lowest BCUT2D eigenvalue weighted by atomic mass is 10.2. The second kappa shape index (κ2) is 8.72. The van der Waals surface area contributed by atoms with Crippen LogP contribution in [0, 0.1) is 0 Å². The highest BCUT2D eigenvalue weighted by atomic mass is 16.5. The SMILES string of the molecule is COc1ccc(OC)c(C=NN(Cc2ccccc2)c2ccccc2)c1. The van der Waals surface area contributed by atoms with Crippen molar-refractivity contribution in [2.75, 3.05) is 19.2 Å². The first kappa shape index (κ1) is 17.5. The summed E-state index contributed by atoms with van der Waals surface area (Å²) in [5.74, 6) is 1.52. The minimum absolute atomic E-state index is 0.674. The van der Waals surface area contributed by atoms with Gasteiger partial charge in [0.05, 0.1) is 32.7 Å². The Balaban J connectivity index is 1.91. The van der Waals surface area contributed by atoms with Gasteiger partial charge in [0.1, 0.15) is 11.5 Å². The third kappa shape index (κ3) is 4.42. The monoisotopic (exact) mass is 346 g/mol. The van der Waals surface area contributed by atoms with Gasteiger partial charge in [-0.05, 0) is 35.9 Å². The van der Waals surface area contributed by atoms with E-state index in [-0.39, 0.29) is 0 Å². The number of anilines is 1. The fourth-order valence-corrected chi connectivity index (χ4v) is 2.63. The number of ether oxygens (including phenoxy) is 2. The molecule has 0 atom stereocenters. The third-order valence-electron chi connectivity index (χ3n) is 4.00. The van der Waals surface area contributed by atoms with Gasteiger partial charge in [-0.15, -0.1) is 0 Å². The summed E-state index contributed by atoms with van der Waals surface area (Å²) in [6.07, 6.45) is 1.80. The number of nitrogens with zero attached hydrogens (tertiary/aromatic N) is 2. The second-order valence-corrected chi connectivity index (χ2v) is 5.73. The van der Waals surface area contributed by atoms with Crippen molar-refractivity contribution in [1.82, 2.24) is 0 Å². The molecule has 0 aromatic heterocycles. The highest BCUT2D eigenvalue weighted by Crippen LogP contribution is 2.23. The number of hydrazone groups is 1. The quantitative estimate of drug-likeness (QED) is 0.457. The predicted molar refractivity (Wildman–Crippen MR) is 106 cm³/mol. The van der Waals surface area contributed by atoms with E-state index in [1.54, 1.807) is 20.4 Å². The average molecular weight is 346 g/mol. The van der Waals surface area contributed by atoms with Gasteiger partial charge in [0.15, 0.2) is 0 Å². The van der Waals surface area contributed by atoms with Crippen molar-refractivity contribution in [1.29, 1.82) is 0 Å². The minimum atomic E-state index is 0.674. The van der Waals surface area contributed by atoms with Crippen LogP contribution < -0.4 is 14.5 Å². The molecule has 0 aliphatic carbocycles. The molecule has 132 valence electrons. The fourth-order valence-electron chi connectivity index (χ4n) is 2.63. The van der Waals surface area contributed by atoms with Gasteiger partial charge in [0.25, 0.3) is 0 Å². The van der Waals surface area contributed by atoms with Crippen molar-refractivity contribution in [3.8, 4) is 11.5 Å². The molecule has 0 N–H and O–H groups in total. The fraction of sp³-hybridized carbons (Fsp3) is 0.136. The molecule has 4 heteroatoms. The maximum atomic E-state index is 5.44. The summed E-state index contributed by atoms with van der Waals surface area (Å²) in [4.78, 5) is 0. The Labute approximate surface area is 154 Å². The van der Waals surface area contributed by atoms with Gasteiger partial charge >= 0.3 is 0 Å². The highest BCUT2D eigenvalue weighted by molar-refractivity contribution is 5.85. The Morgan fingerprint density at radius 1 is 0.846 bits per heavy atom.